The molecule has 6 rings (SSSR count). The molecule has 0 bridgehead atoms. The van der Waals surface area contributed by atoms with E-state index in [1.807, 2.05) is 35.7 Å². The number of carbonyl (C=O) groups excluding carboxylic acids is 1. The lowest BCUT2D eigenvalue weighted by atomic mass is 9.84. The third kappa shape index (κ3) is 7.00. The van der Waals surface area contributed by atoms with Crippen molar-refractivity contribution in [3.8, 4) is 22.8 Å². The number of amides is 1. The summed E-state index contributed by atoms with van der Waals surface area (Å²) >= 11 is 1.56. The van der Waals surface area contributed by atoms with Gasteiger partial charge < -0.3 is 24.8 Å². The number of hydrogen-bond acceptors (Lipinski definition) is 7. The molecule has 1 aliphatic carbocycles. The number of carbonyl (C=O) groups is 2. The van der Waals surface area contributed by atoms with Crippen LogP contribution in [0.5, 0.6) is 11.5 Å². The number of rotatable bonds is 10. The van der Waals surface area contributed by atoms with Crippen LogP contribution in [-0.2, 0) is 11.3 Å². The molecule has 2 aliphatic rings. The highest BCUT2D eigenvalue weighted by molar-refractivity contribution is 7.14. The van der Waals surface area contributed by atoms with Crippen LogP contribution >= 0.6 is 11.3 Å². The summed E-state index contributed by atoms with van der Waals surface area (Å²) in [7, 11) is 0. The molecule has 3 aromatic carbocycles. The largest absolute Gasteiger partial charge is 0.486 e. The zero-order chi connectivity index (χ0) is 29.6. The average molecular weight is 598 g/mol. The third-order valence-corrected chi connectivity index (χ3v) is 8.89. The molecule has 4 aromatic rings. The Labute approximate surface area is 255 Å². The van der Waals surface area contributed by atoms with Crippen molar-refractivity contribution in [2.75, 3.05) is 24.7 Å². The van der Waals surface area contributed by atoms with Crippen molar-refractivity contribution >= 4 is 34.0 Å². The summed E-state index contributed by atoms with van der Waals surface area (Å²) in [5.74, 6) is 0.881. The standard InChI is InChI=1S/C34H35N3O5S/c38-32(39)16-17-35-33(40)26-10-13-28(14-11-26)37(21-23-6-8-25(9-7-23)24-4-2-1-3-5-24)34-36-29(22-43-34)27-12-15-30-31(20-27)42-19-18-41-30/h6-15,20,22,24H,1-5,16-19,21H2,(H,35,40)(H,38,39). The van der Waals surface area contributed by atoms with E-state index in [1.165, 1.54) is 43.2 Å². The molecule has 1 fully saturated rings. The van der Waals surface area contributed by atoms with Crippen LogP contribution in [0.15, 0.2) is 72.1 Å². The summed E-state index contributed by atoms with van der Waals surface area (Å²) in [4.78, 5) is 30.5. The minimum absolute atomic E-state index is 0.0840. The Kier molecular flexibility index (Phi) is 8.88. The molecule has 0 atom stereocenters. The molecular formula is C34H35N3O5S. The number of aliphatic carboxylic acids is 1. The normalized spacial score (nSPS) is 14.7. The lowest BCUT2D eigenvalue weighted by Gasteiger charge is -2.24. The smallest absolute Gasteiger partial charge is 0.305 e. The van der Waals surface area contributed by atoms with Crippen LogP contribution in [0.1, 0.15) is 65.9 Å². The molecule has 1 aromatic heterocycles. The Balaban J connectivity index is 1.25. The van der Waals surface area contributed by atoms with Crippen LogP contribution in [0, 0.1) is 0 Å². The molecule has 0 spiro atoms. The summed E-state index contributed by atoms with van der Waals surface area (Å²) in [5, 5.41) is 14.4. The quantitative estimate of drug-likeness (QED) is 0.200. The van der Waals surface area contributed by atoms with Gasteiger partial charge in [0.1, 0.15) is 13.2 Å². The van der Waals surface area contributed by atoms with Crippen LogP contribution in [0.3, 0.4) is 0 Å². The Hall–Kier alpha value is -4.37. The first-order valence-electron chi connectivity index (χ1n) is 14.9. The second-order valence-corrected chi connectivity index (χ2v) is 11.8. The first kappa shape index (κ1) is 28.7. The first-order valence-corrected chi connectivity index (χ1v) is 15.7. The van der Waals surface area contributed by atoms with Crippen molar-refractivity contribution in [1.82, 2.24) is 10.3 Å². The number of fused-ring (bicyclic) bond motifs is 1. The SMILES string of the molecule is O=C(O)CCNC(=O)c1ccc(N(Cc2ccc(C3CCCCC3)cc2)c2nc(-c3ccc4c(c3)OCCO4)cs2)cc1. The highest BCUT2D eigenvalue weighted by Gasteiger charge is 2.20. The number of ether oxygens (including phenoxy) is 2. The molecule has 222 valence electrons. The molecule has 1 aliphatic heterocycles. The Morgan fingerprint density at radius 3 is 2.42 bits per heavy atom. The fraction of sp³-hybridized carbons (Fsp3) is 0.324. The summed E-state index contributed by atoms with van der Waals surface area (Å²) in [6, 6.07) is 22.2. The average Bonchev–Trinajstić information content (AvgIpc) is 3.54. The Bertz CT molecular complexity index is 1560. The second kappa shape index (κ2) is 13.3. The predicted molar refractivity (Wildman–Crippen MR) is 168 cm³/mol. The van der Waals surface area contributed by atoms with Gasteiger partial charge in [0.05, 0.1) is 18.7 Å². The molecule has 0 saturated heterocycles. The van der Waals surface area contributed by atoms with Gasteiger partial charge in [-0.3, -0.25) is 9.59 Å². The monoisotopic (exact) mass is 597 g/mol. The van der Waals surface area contributed by atoms with Gasteiger partial charge in [0.15, 0.2) is 16.6 Å². The predicted octanol–water partition coefficient (Wildman–Crippen LogP) is 7.17. The van der Waals surface area contributed by atoms with E-state index < -0.39 is 5.97 Å². The van der Waals surface area contributed by atoms with Gasteiger partial charge in [0.2, 0.25) is 0 Å². The highest BCUT2D eigenvalue weighted by Crippen LogP contribution is 2.38. The number of benzene rings is 3. The molecule has 1 saturated carbocycles. The van der Waals surface area contributed by atoms with Crippen LogP contribution in [0.25, 0.3) is 11.3 Å². The van der Waals surface area contributed by atoms with E-state index in [4.69, 9.17) is 19.6 Å². The molecule has 43 heavy (non-hydrogen) atoms. The number of carboxylic acid groups (broad SMARTS) is 1. The Morgan fingerprint density at radius 2 is 1.67 bits per heavy atom. The van der Waals surface area contributed by atoms with Crippen LogP contribution < -0.4 is 19.7 Å². The second-order valence-electron chi connectivity index (χ2n) is 11.0. The van der Waals surface area contributed by atoms with Crippen molar-refractivity contribution in [3.05, 3.63) is 88.8 Å². The summed E-state index contributed by atoms with van der Waals surface area (Å²) in [6.07, 6.45) is 6.38. The van der Waals surface area contributed by atoms with Crippen molar-refractivity contribution in [2.45, 2.75) is 51.0 Å². The van der Waals surface area contributed by atoms with Gasteiger partial charge in [0, 0.05) is 28.7 Å². The van der Waals surface area contributed by atoms with Gasteiger partial charge in [-0.25, -0.2) is 4.98 Å². The van der Waals surface area contributed by atoms with Crippen LogP contribution in [0.4, 0.5) is 10.8 Å². The van der Waals surface area contributed by atoms with Gasteiger partial charge in [-0.15, -0.1) is 11.3 Å². The van der Waals surface area contributed by atoms with Gasteiger partial charge >= 0.3 is 5.97 Å². The first-order chi connectivity index (χ1) is 21.0. The topological polar surface area (TPSA) is 101 Å². The molecule has 2 N–H and O–H groups in total. The lowest BCUT2D eigenvalue weighted by Crippen LogP contribution is -2.26. The fourth-order valence-corrected chi connectivity index (χ4v) is 6.54. The van der Waals surface area contributed by atoms with Gasteiger partial charge in [0.25, 0.3) is 5.91 Å². The zero-order valence-electron chi connectivity index (χ0n) is 24.0. The highest BCUT2D eigenvalue weighted by atomic mass is 32.1. The number of thiazole rings is 1. The van der Waals surface area contributed by atoms with Crippen LogP contribution in [-0.4, -0.2) is 41.7 Å². The minimum atomic E-state index is -0.947. The molecule has 9 heteroatoms. The number of aromatic nitrogens is 1. The Morgan fingerprint density at radius 1 is 0.930 bits per heavy atom. The fourth-order valence-electron chi connectivity index (χ4n) is 5.68. The van der Waals surface area contributed by atoms with E-state index in [0.29, 0.717) is 31.2 Å². The summed E-state index contributed by atoms with van der Waals surface area (Å²) < 4.78 is 11.5. The number of nitrogens with zero attached hydrogens (tertiary/aromatic N) is 2. The third-order valence-electron chi connectivity index (χ3n) is 8.02. The van der Waals surface area contributed by atoms with E-state index in [1.54, 1.807) is 23.5 Å². The molecule has 0 unspecified atom stereocenters. The molecule has 2 heterocycles. The van der Waals surface area contributed by atoms with E-state index in [0.717, 1.165) is 33.6 Å². The maximum atomic E-state index is 12.5. The van der Waals surface area contributed by atoms with Gasteiger partial charge in [-0.05, 0) is 72.4 Å². The van der Waals surface area contributed by atoms with Crippen molar-refractivity contribution in [1.29, 1.82) is 0 Å². The van der Waals surface area contributed by atoms with Crippen molar-refractivity contribution in [3.63, 3.8) is 0 Å². The molecule has 8 nitrogen and oxygen atoms in total. The number of anilines is 2. The van der Waals surface area contributed by atoms with E-state index in [2.05, 4.69) is 34.5 Å². The van der Waals surface area contributed by atoms with Gasteiger partial charge in [-0.2, -0.15) is 0 Å². The molecule has 0 radical (unpaired) electrons. The molecule has 1 amide bonds. The van der Waals surface area contributed by atoms with Crippen molar-refractivity contribution < 1.29 is 24.2 Å². The zero-order valence-corrected chi connectivity index (χ0v) is 24.8. The minimum Gasteiger partial charge on any atom is -0.486 e. The van der Waals surface area contributed by atoms with Crippen molar-refractivity contribution in [2.24, 2.45) is 0 Å². The number of carboxylic acids is 1. The lowest BCUT2D eigenvalue weighted by molar-refractivity contribution is -0.136. The molecular weight excluding hydrogens is 562 g/mol. The number of nitrogens with one attached hydrogen (secondary N) is 1. The van der Waals surface area contributed by atoms with E-state index in [-0.39, 0.29) is 18.9 Å². The van der Waals surface area contributed by atoms with E-state index in [9.17, 15) is 9.59 Å². The summed E-state index contributed by atoms with van der Waals surface area (Å²) in [5.41, 5.74) is 5.78. The maximum absolute atomic E-state index is 12.5. The number of hydrogen-bond donors (Lipinski definition) is 2. The summed E-state index contributed by atoms with van der Waals surface area (Å²) in [6.45, 7) is 1.77. The van der Waals surface area contributed by atoms with E-state index >= 15 is 0 Å². The van der Waals surface area contributed by atoms with Crippen LogP contribution in [0.2, 0.25) is 0 Å². The van der Waals surface area contributed by atoms with Gasteiger partial charge in [-0.1, -0.05) is 43.5 Å². The maximum Gasteiger partial charge on any atom is 0.305 e.